The Morgan fingerprint density at radius 2 is 1.28 bits per heavy atom. The molecule has 2 heterocycles. The van der Waals surface area contributed by atoms with E-state index in [9.17, 15) is 48.6 Å². The number of aliphatic hydroxyl groups excluding tert-OH is 1. The number of aliphatic hydroxyl groups is 1. The van der Waals surface area contributed by atoms with Gasteiger partial charge in [0.25, 0.3) is 0 Å². The van der Waals surface area contributed by atoms with E-state index in [1.54, 1.807) is 36.4 Å². The summed E-state index contributed by atoms with van der Waals surface area (Å²) in [5, 5.41) is 48.9. The van der Waals surface area contributed by atoms with Crippen molar-refractivity contribution < 1.29 is 48.6 Å². The number of nitrogens with one attached hydrogen (secondary N) is 9. The number of guanidine groups is 1. The fraction of sp³-hybridized carbons (Fsp3) is 0.393. The molecule has 6 rings (SSSR count). The number of fused-ring (bicyclic) bond motifs is 1. The number of aliphatic carboxylic acids is 1. The minimum absolute atomic E-state index is 0.0279. The second-order valence-corrected chi connectivity index (χ2v) is 19.7. The van der Waals surface area contributed by atoms with E-state index >= 15 is 0 Å². The molecule has 0 spiro atoms. The molecule has 420 valence electrons. The van der Waals surface area contributed by atoms with E-state index in [1.165, 1.54) is 31.3 Å². The third kappa shape index (κ3) is 17.9. The first-order chi connectivity index (χ1) is 37.9. The number of aromatic amines is 1. The second kappa shape index (κ2) is 29.2. The van der Waals surface area contributed by atoms with Gasteiger partial charge in [0, 0.05) is 38.5 Å². The van der Waals surface area contributed by atoms with Crippen molar-refractivity contribution >= 4 is 64.1 Å². The Morgan fingerprint density at radius 3 is 1.92 bits per heavy atom. The molecule has 15 N–H and O–H groups in total. The molecule has 23 heteroatoms. The highest BCUT2D eigenvalue weighted by Crippen LogP contribution is 2.22. The van der Waals surface area contributed by atoms with Gasteiger partial charge < -0.3 is 68.8 Å². The molecule has 5 aromatic rings. The third-order valence-electron chi connectivity index (χ3n) is 13.5. The summed E-state index contributed by atoms with van der Waals surface area (Å²) >= 11 is 0. The Labute approximate surface area is 457 Å². The fourth-order valence-electron chi connectivity index (χ4n) is 9.22. The monoisotopic (exact) mass is 1090 g/mol. The molecule has 0 unspecified atom stereocenters. The first-order valence-electron chi connectivity index (χ1n) is 26.3. The van der Waals surface area contributed by atoms with Crippen LogP contribution in [0, 0.1) is 5.41 Å². The number of amides is 7. The minimum atomic E-state index is -1.60. The van der Waals surface area contributed by atoms with Crippen molar-refractivity contribution in [1.82, 2.24) is 52.1 Å². The van der Waals surface area contributed by atoms with Crippen LogP contribution in [0.25, 0.3) is 10.8 Å². The van der Waals surface area contributed by atoms with Gasteiger partial charge in [-0.15, -0.1) is 0 Å². The van der Waals surface area contributed by atoms with Gasteiger partial charge >= 0.3 is 5.97 Å². The Morgan fingerprint density at radius 1 is 0.684 bits per heavy atom. The zero-order chi connectivity index (χ0) is 57.0. The van der Waals surface area contributed by atoms with Crippen molar-refractivity contribution in [2.75, 3.05) is 13.1 Å². The molecule has 1 aliphatic heterocycles. The van der Waals surface area contributed by atoms with Crippen LogP contribution in [0.1, 0.15) is 68.3 Å². The number of aromatic nitrogens is 2. The number of hydrogen-bond acceptors (Lipinski definition) is 12. The number of rotatable bonds is 27. The van der Waals surface area contributed by atoms with Gasteiger partial charge in [0.1, 0.15) is 42.3 Å². The van der Waals surface area contributed by atoms with Crippen LogP contribution >= 0.6 is 0 Å². The Kier molecular flexibility index (Phi) is 22.0. The highest BCUT2D eigenvalue weighted by molar-refractivity contribution is 5.98. The van der Waals surface area contributed by atoms with Crippen molar-refractivity contribution in [3.05, 3.63) is 138 Å². The molecule has 1 aromatic heterocycles. The first-order valence-corrected chi connectivity index (χ1v) is 26.3. The van der Waals surface area contributed by atoms with Gasteiger partial charge in [-0.05, 0) is 79.8 Å². The predicted molar refractivity (Wildman–Crippen MR) is 293 cm³/mol. The van der Waals surface area contributed by atoms with Gasteiger partial charge in [-0.1, -0.05) is 103 Å². The Hall–Kier alpha value is -8.70. The summed E-state index contributed by atoms with van der Waals surface area (Å²) in [4.78, 5) is 120. The van der Waals surface area contributed by atoms with Gasteiger partial charge in [-0.3, -0.25) is 39.0 Å². The molecule has 0 radical (unpaired) electrons. The zero-order valence-electron chi connectivity index (χ0n) is 44.2. The van der Waals surface area contributed by atoms with E-state index in [1.807, 2.05) is 66.7 Å². The average Bonchev–Trinajstić information content (AvgIpc) is 3.98. The van der Waals surface area contributed by atoms with Crippen LogP contribution in [0.5, 0.6) is 0 Å². The van der Waals surface area contributed by atoms with Gasteiger partial charge in [0.2, 0.25) is 41.4 Å². The molecule has 79 heavy (non-hydrogen) atoms. The normalized spacial score (nSPS) is 16.3. The number of carboxylic acid groups (broad SMARTS) is 1. The SMILES string of the molecule is C[C@H](NC(=O)[C@H](CCCNC(=N)N)NC(=O)[C@H](Cc1ccc2ccccc2c1)NC(=O)[C@@H]1CCCCN1C(=O)[C@H](NC(=O)[C@H](Cc1c[nH]cn1)NC(=O)[C@H](N)Cc1ccccc1)[C@H](C)O)C(=O)N[C@H](Cc1ccccc1)C(=O)O. The molecule has 4 aromatic carbocycles. The largest absolute Gasteiger partial charge is 0.480 e. The van der Waals surface area contributed by atoms with Gasteiger partial charge in [0.05, 0.1) is 24.2 Å². The van der Waals surface area contributed by atoms with Gasteiger partial charge in [-0.2, -0.15) is 0 Å². The number of nitrogens with two attached hydrogens (primary N) is 2. The quantitative estimate of drug-likeness (QED) is 0.0190. The van der Waals surface area contributed by atoms with Gasteiger partial charge in [0.15, 0.2) is 5.96 Å². The third-order valence-corrected chi connectivity index (χ3v) is 13.5. The number of piperidine rings is 1. The number of H-pyrrole nitrogens is 1. The number of carbonyl (C=O) groups excluding carboxylic acids is 7. The summed E-state index contributed by atoms with van der Waals surface area (Å²) in [7, 11) is 0. The second-order valence-electron chi connectivity index (χ2n) is 19.7. The van der Waals surface area contributed by atoms with E-state index in [0.29, 0.717) is 29.7 Å². The molecular formula is C56H71N13O10. The molecule has 9 atom stereocenters. The lowest BCUT2D eigenvalue weighted by Crippen LogP contribution is -2.63. The highest BCUT2D eigenvalue weighted by atomic mass is 16.4. The summed E-state index contributed by atoms with van der Waals surface area (Å²) in [6.45, 7) is 2.84. The van der Waals surface area contributed by atoms with Crippen LogP contribution in [0.4, 0.5) is 0 Å². The van der Waals surface area contributed by atoms with Crippen molar-refractivity contribution in [3.8, 4) is 0 Å². The smallest absolute Gasteiger partial charge is 0.326 e. The van der Waals surface area contributed by atoms with E-state index in [-0.39, 0.29) is 64.0 Å². The lowest BCUT2D eigenvalue weighted by atomic mass is 9.97. The van der Waals surface area contributed by atoms with Gasteiger partial charge in [-0.25, -0.2) is 9.78 Å². The molecule has 0 saturated carbocycles. The van der Waals surface area contributed by atoms with E-state index < -0.39 is 102 Å². The molecule has 7 amide bonds. The summed E-state index contributed by atoms with van der Waals surface area (Å²) in [6, 6.07) is 20.3. The number of carboxylic acids is 1. The molecule has 23 nitrogen and oxygen atoms in total. The standard InChI is InChI=1S/C56H71N13O10/c1-33(48(71)67-45(55(78)79)28-36-16-7-4-8-17-36)63-50(73)42(20-13-24-61-56(58)59)64-51(74)43(29-37-22-23-38-18-9-10-19-39(38)26-37)66-53(76)46-21-11-12-25-69(46)54(77)47(34(2)70)68-52(75)44(30-40-31-60-32-62-40)65-49(72)41(57)27-35-14-5-3-6-15-35/h3-10,14-19,22-23,26,31-34,41-47,70H,11-13,20-21,24-25,27-30,57H2,1-2H3,(H,60,62)(H,63,73)(H,64,74)(H,65,72)(H,66,76)(H,67,71)(H,68,75)(H,78,79)(H4,58,59,61)/t33-,34-,41+,42-,43-,44-,45+,46-,47+/m0/s1. The molecular weight excluding hydrogens is 1010 g/mol. The molecule has 1 fully saturated rings. The maximum absolute atomic E-state index is 14.7. The number of benzene rings is 4. The summed E-state index contributed by atoms with van der Waals surface area (Å²) in [5.41, 5.74) is 14.3. The summed E-state index contributed by atoms with van der Waals surface area (Å²) < 4.78 is 0. The van der Waals surface area contributed by atoms with Crippen molar-refractivity contribution in [2.24, 2.45) is 11.5 Å². The zero-order valence-corrected chi connectivity index (χ0v) is 44.2. The van der Waals surface area contributed by atoms with Crippen LogP contribution in [0.2, 0.25) is 0 Å². The molecule has 0 bridgehead atoms. The maximum Gasteiger partial charge on any atom is 0.326 e. The van der Waals surface area contributed by atoms with Crippen LogP contribution in [-0.2, 0) is 64.0 Å². The van der Waals surface area contributed by atoms with E-state index in [4.69, 9.17) is 16.9 Å². The molecule has 0 aliphatic carbocycles. The van der Waals surface area contributed by atoms with Crippen molar-refractivity contribution in [1.29, 1.82) is 5.41 Å². The number of hydrogen-bond donors (Lipinski definition) is 13. The number of likely N-dealkylation sites (tertiary alicyclic amines) is 1. The minimum Gasteiger partial charge on any atom is -0.480 e. The Balaban J connectivity index is 1.21. The maximum atomic E-state index is 14.7. The number of nitrogens with zero attached hydrogens (tertiary/aromatic N) is 2. The average molecular weight is 1090 g/mol. The van der Waals surface area contributed by atoms with E-state index in [0.717, 1.165) is 16.3 Å². The predicted octanol–water partition coefficient (Wildman–Crippen LogP) is 0.199. The van der Waals surface area contributed by atoms with Crippen LogP contribution < -0.4 is 48.7 Å². The lowest BCUT2D eigenvalue weighted by Gasteiger charge is -2.38. The highest BCUT2D eigenvalue weighted by Gasteiger charge is 2.40. The van der Waals surface area contributed by atoms with Crippen molar-refractivity contribution in [3.63, 3.8) is 0 Å². The summed E-state index contributed by atoms with van der Waals surface area (Å²) in [5.74, 6) is -7.03. The lowest BCUT2D eigenvalue weighted by molar-refractivity contribution is -0.148. The Bertz CT molecular complexity index is 2890. The number of carbonyl (C=O) groups is 8. The first kappa shape index (κ1) is 59.5. The van der Waals surface area contributed by atoms with Crippen LogP contribution in [0.3, 0.4) is 0 Å². The van der Waals surface area contributed by atoms with Crippen LogP contribution in [0.15, 0.2) is 116 Å². The molecule has 1 saturated heterocycles. The number of imidazole rings is 1. The van der Waals surface area contributed by atoms with Crippen LogP contribution in [-0.4, -0.2) is 146 Å². The molecule has 1 aliphatic rings. The topological polar surface area (TPSA) is 369 Å². The summed E-state index contributed by atoms with van der Waals surface area (Å²) in [6.07, 6.45) is 2.64. The van der Waals surface area contributed by atoms with Crippen molar-refractivity contribution in [2.45, 2.75) is 126 Å². The fourth-order valence-corrected chi connectivity index (χ4v) is 9.22. The van der Waals surface area contributed by atoms with E-state index in [2.05, 4.69) is 47.2 Å².